The van der Waals surface area contributed by atoms with Crippen LogP contribution in [0.2, 0.25) is 0 Å². The lowest BCUT2D eigenvalue weighted by atomic mass is 9.57. The number of hydrogen-bond donors (Lipinski definition) is 1. The van der Waals surface area contributed by atoms with Crippen molar-refractivity contribution in [2.45, 2.75) is 52.1 Å². The highest BCUT2D eigenvalue weighted by Crippen LogP contribution is 2.55. The molecular formula is C17H27NO2. The van der Waals surface area contributed by atoms with Gasteiger partial charge in [0, 0.05) is 12.0 Å². The molecular weight excluding hydrogens is 250 g/mol. The normalized spacial score (nSPS) is 31.2. The second kappa shape index (κ2) is 4.60. The summed E-state index contributed by atoms with van der Waals surface area (Å²) < 4.78 is 5.84. The maximum absolute atomic E-state index is 11.7. The third-order valence-corrected chi connectivity index (χ3v) is 5.66. The first-order chi connectivity index (χ1) is 9.34. The van der Waals surface area contributed by atoms with Gasteiger partial charge in [-0.2, -0.15) is 0 Å². The summed E-state index contributed by atoms with van der Waals surface area (Å²) in [6.07, 6.45) is 4.08. The Hall–Kier alpha value is -0.800. The second-order valence-electron chi connectivity index (χ2n) is 7.42. The maximum Gasteiger partial charge on any atom is 0.110 e. The first kappa shape index (κ1) is 14.2. The van der Waals surface area contributed by atoms with E-state index in [1.165, 1.54) is 0 Å². The molecule has 3 heteroatoms. The summed E-state index contributed by atoms with van der Waals surface area (Å²) in [5.74, 6) is 2.28. The van der Waals surface area contributed by atoms with Gasteiger partial charge in [-0.1, -0.05) is 13.8 Å². The average molecular weight is 277 g/mol. The lowest BCUT2D eigenvalue weighted by Gasteiger charge is -2.52. The Bertz CT molecular complexity index is 497. The van der Waals surface area contributed by atoms with Crippen LogP contribution in [-0.2, 0) is 12.0 Å². The molecule has 3 rings (SSSR count). The van der Waals surface area contributed by atoms with Crippen LogP contribution in [0.4, 0.5) is 0 Å². The molecule has 1 aliphatic heterocycles. The van der Waals surface area contributed by atoms with E-state index in [1.807, 2.05) is 6.92 Å². The third-order valence-electron chi connectivity index (χ3n) is 5.66. The van der Waals surface area contributed by atoms with Crippen molar-refractivity contribution in [3.8, 4) is 0 Å². The number of nitrogens with zero attached hydrogens (tertiary/aromatic N) is 1. The van der Waals surface area contributed by atoms with Crippen LogP contribution in [0.3, 0.4) is 0 Å². The van der Waals surface area contributed by atoms with E-state index < -0.39 is 5.60 Å². The fourth-order valence-corrected chi connectivity index (χ4v) is 4.25. The molecule has 2 heterocycles. The van der Waals surface area contributed by atoms with Gasteiger partial charge >= 0.3 is 0 Å². The fourth-order valence-electron chi connectivity index (χ4n) is 4.25. The highest BCUT2D eigenvalue weighted by molar-refractivity contribution is 5.34. The topological polar surface area (TPSA) is 36.6 Å². The van der Waals surface area contributed by atoms with Crippen molar-refractivity contribution in [2.24, 2.45) is 11.3 Å². The quantitative estimate of drug-likeness (QED) is 0.857. The molecule has 1 saturated heterocycles. The van der Waals surface area contributed by atoms with E-state index >= 15 is 0 Å². The van der Waals surface area contributed by atoms with Crippen molar-refractivity contribution in [2.75, 3.05) is 20.1 Å². The zero-order chi connectivity index (χ0) is 14.5. The van der Waals surface area contributed by atoms with E-state index in [4.69, 9.17) is 4.42 Å². The molecule has 1 aliphatic carbocycles. The molecule has 0 radical (unpaired) electrons. The van der Waals surface area contributed by atoms with Crippen LogP contribution < -0.4 is 0 Å². The second-order valence-corrected chi connectivity index (χ2v) is 7.42. The summed E-state index contributed by atoms with van der Waals surface area (Å²) in [5.41, 5.74) is 0.247. The minimum Gasteiger partial charge on any atom is -0.466 e. The summed E-state index contributed by atoms with van der Waals surface area (Å²) >= 11 is 0. The number of piperidine rings is 1. The number of likely N-dealkylation sites (tertiary alicyclic amines) is 1. The van der Waals surface area contributed by atoms with E-state index in [1.54, 1.807) is 0 Å². The van der Waals surface area contributed by atoms with Crippen LogP contribution in [0.15, 0.2) is 10.5 Å². The predicted octanol–water partition coefficient (Wildman–Crippen LogP) is 3.09. The predicted molar refractivity (Wildman–Crippen MR) is 79.7 cm³/mol. The van der Waals surface area contributed by atoms with Crippen LogP contribution in [0, 0.1) is 18.3 Å². The smallest absolute Gasteiger partial charge is 0.110 e. The van der Waals surface area contributed by atoms with Crippen molar-refractivity contribution in [3.05, 3.63) is 23.2 Å². The Morgan fingerprint density at radius 2 is 1.95 bits per heavy atom. The molecule has 0 saturated carbocycles. The summed E-state index contributed by atoms with van der Waals surface area (Å²) in [6.45, 7) is 8.58. The molecule has 0 spiro atoms. The van der Waals surface area contributed by atoms with Gasteiger partial charge in [-0.15, -0.1) is 0 Å². The standard InChI is InChI=1S/C17H27NO2/c1-12-11-14-15(20-12)5-8-16(2,3)17(14,19)13-6-9-18(4)10-7-13/h11,13,19H,5-10H2,1-4H3. The molecule has 1 aromatic rings. The van der Waals surface area contributed by atoms with Gasteiger partial charge in [-0.25, -0.2) is 0 Å². The molecule has 1 N–H and O–H groups in total. The monoisotopic (exact) mass is 277 g/mol. The summed E-state index contributed by atoms with van der Waals surface area (Å²) in [7, 11) is 2.17. The third kappa shape index (κ3) is 1.94. The number of aryl methyl sites for hydroxylation is 2. The molecule has 0 aromatic carbocycles. The van der Waals surface area contributed by atoms with Gasteiger partial charge in [-0.05, 0) is 63.7 Å². The van der Waals surface area contributed by atoms with Gasteiger partial charge in [0.15, 0.2) is 0 Å². The SMILES string of the molecule is Cc1cc2c(o1)CCC(C)(C)C2(O)C1CCN(C)CC1. The van der Waals surface area contributed by atoms with E-state index in [-0.39, 0.29) is 5.41 Å². The molecule has 1 unspecified atom stereocenters. The van der Waals surface area contributed by atoms with Crippen LogP contribution >= 0.6 is 0 Å². The van der Waals surface area contributed by atoms with Gasteiger partial charge < -0.3 is 14.4 Å². The Morgan fingerprint density at radius 1 is 1.30 bits per heavy atom. The largest absolute Gasteiger partial charge is 0.466 e. The van der Waals surface area contributed by atoms with Crippen LogP contribution in [0.5, 0.6) is 0 Å². The minimum atomic E-state index is -0.737. The van der Waals surface area contributed by atoms with E-state index in [2.05, 4.69) is 31.9 Å². The van der Waals surface area contributed by atoms with Gasteiger partial charge in [0.05, 0.1) is 0 Å². The van der Waals surface area contributed by atoms with Crippen LogP contribution in [-0.4, -0.2) is 30.1 Å². The number of furan rings is 1. The van der Waals surface area contributed by atoms with E-state index in [0.717, 1.165) is 55.9 Å². The summed E-state index contributed by atoms with van der Waals surface area (Å²) in [4.78, 5) is 2.36. The fraction of sp³-hybridized carbons (Fsp3) is 0.765. The first-order valence-corrected chi connectivity index (χ1v) is 7.85. The Labute approximate surface area is 122 Å². The zero-order valence-corrected chi connectivity index (χ0v) is 13.2. The van der Waals surface area contributed by atoms with Gasteiger partial charge in [0.25, 0.3) is 0 Å². The number of fused-ring (bicyclic) bond motifs is 1. The van der Waals surface area contributed by atoms with Gasteiger partial charge in [0.1, 0.15) is 17.1 Å². The van der Waals surface area contributed by atoms with Crippen molar-refractivity contribution < 1.29 is 9.52 Å². The molecule has 0 bridgehead atoms. The lowest BCUT2D eigenvalue weighted by Crippen LogP contribution is -2.53. The lowest BCUT2D eigenvalue weighted by molar-refractivity contribution is -0.144. The molecule has 3 nitrogen and oxygen atoms in total. The Kier molecular flexibility index (Phi) is 3.26. The molecule has 112 valence electrons. The zero-order valence-electron chi connectivity index (χ0n) is 13.2. The van der Waals surface area contributed by atoms with Crippen LogP contribution in [0.1, 0.15) is 50.2 Å². The van der Waals surface area contributed by atoms with E-state index in [9.17, 15) is 5.11 Å². The molecule has 1 fully saturated rings. The van der Waals surface area contributed by atoms with Crippen LogP contribution in [0.25, 0.3) is 0 Å². The minimum absolute atomic E-state index is 0.0864. The summed E-state index contributed by atoms with van der Waals surface area (Å²) in [6, 6.07) is 2.08. The van der Waals surface area contributed by atoms with Crippen molar-refractivity contribution >= 4 is 0 Å². The summed E-state index contributed by atoms with van der Waals surface area (Å²) in [5, 5.41) is 11.7. The van der Waals surface area contributed by atoms with Gasteiger partial charge in [-0.3, -0.25) is 0 Å². The molecule has 2 aliphatic rings. The Balaban J connectivity index is 2.03. The van der Waals surface area contributed by atoms with E-state index in [0.29, 0.717) is 5.92 Å². The molecule has 0 amide bonds. The van der Waals surface area contributed by atoms with Crippen molar-refractivity contribution in [1.82, 2.24) is 4.90 Å². The number of aliphatic hydroxyl groups is 1. The maximum atomic E-state index is 11.7. The average Bonchev–Trinajstić information content (AvgIpc) is 2.77. The van der Waals surface area contributed by atoms with Gasteiger partial charge in [0.2, 0.25) is 0 Å². The highest BCUT2D eigenvalue weighted by Gasteiger charge is 2.54. The Morgan fingerprint density at radius 3 is 2.60 bits per heavy atom. The highest BCUT2D eigenvalue weighted by atomic mass is 16.3. The van der Waals surface area contributed by atoms with Crippen molar-refractivity contribution in [1.29, 1.82) is 0 Å². The molecule has 1 atom stereocenters. The van der Waals surface area contributed by atoms with Crippen molar-refractivity contribution in [3.63, 3.8) is 0 Å². The molecule has 1 aromatic heterocycles. The number of rotatable bonds is 1. The molecule has 20 heavy (non-hydrogen) atoms. The first-order valence-electron chi connectivity index (χ1n) is 7.85. The number of hydrogen-bond acceptors (Lipinski definition) is 3.